The Bertz CT molecular complexity index is 802. The van der Waals surface area contributed by atoms with Crippen LogP contribution in [0.2, 0.25) is 0 Å². The summed E-state index contributed by atoms with van der Waals surface area (Å²) in [4.78, 5) is 2.44. The Labute approximate surface area is 164 Å². The maximum atomic E-state index is 8.83. The largest absolute Gasteiger partial charge is 0.319 e. The molecule has 0 aliphatic carbocycles. The number of hydrogen-bond donors (Lipinski definition) is 1. The second-order valence-electron chi connectivity index (χ2n) is 7.15. The van der Waals surface area contributed by atoms with E-state index in [1.807, 2.05) is 12.3 Å². The van der Waals surface area contributed by atoms with Crippen LogP contribution in [0.3, 0.4) is 0 Å². The molecule has 0 radical (unpaired) electrons. The lowest BCUT2D eigenvalue weighted by Crippen LogP contribution is -2.26. The number of nitriles is 1. The van der Waals surface area contributed by atoms with Crippen molar-refractivity contribution in [3.8, 4) is 6.19 Å². The fraction of sp³-hybridized carbons (Fsp3) is 0.375. The van der Waals surface area contributed by atoms with Crippen LogP contribution in [0.15, 0.2) is 54.6 Å². The van der Waals surface area contributed by atoms with Crippen molar-refractivity contribution in [3.63, 3.8) is 0 Å². The van der Waals surface area contributed by atoms with Crippen molar-refractivity contribution in [2.45, 2.75) is 53.2 Å². The Kier molecular flexibility index (Phi) is 8.10. The van der Waals surface area contributed by atoms with Crippen molar-refractivity contribution < 1.29 is 0 Å². The molecule has 2 aromatic carbocycles. The topological polar surface area (TPSA) is 39.1 Å². The summed E-state index contributed by atoms with van der Waals surface area (Å²) >= 11 is 0. The summed E-state index contributed by atoms with van der Waals surface area (Å²) < 4.78 is 0. The molecule has 27 heavy (non-hydrogen) atoms. The zero-order chi connectivity index (χ0) is 19.6. The molecule has 2 aromatic rings. The fourth-order valence-corrected chi connectivity index (χ4v) is 3.43. The van der Waals surface area contributed by atoms with Crippen molar-refractivity contribution >= 4 is 0 Å². The molecule has 2 rings (SSSR count). The van der Waals surface area contributed by atoms with Gasteiger partial charge in [0, 0.05) is 19.6 Å². The molecule has 0 fully saturated rings. The van der Waals surface area contributed by atoms with Gasteiger partial charge in [-0.3, -0.25) is 4.90 Å². The van der Waals surface area contributed by atoms with Crippen LogP contribution in [0.1, 0.15) is 48.6 Å². The highest BCUT2D eigenvalue weighted by molar-refractivity contribution is 5.33. The lowest BCUT2D eigenvalue weighted by atomic mass is 9.99. The van der Waals surface area contributed by atoms with E-state index in [-0.39, 0.29) is 0 Å². The highest BCUT2D eigenvalue weighted by atomic mass is 15.1. The summed E-state index contributed by atoms with van der Waals surface area (Å²) in [6, 6.07) is 15.2. The zero-order valence-electron chi connectivity index (χ0n) is 16.9. The van der Waals surface area contributed by atoms with Crippen LogP contribution in [0.5, 0.6) is 0 Å². The number of hydrogen-bond acceptors (Lipinski definition) is 3. The zero-order valence-corrected chi connectivity index (χ0v) is 16.9. The molecule has 0 aliphatic rings. The van der Waals surface area contributed by atoms with Crippen molar-refractivity contribution in [2.24, 2.45) is 0 Å². The van der Waals surface area contributed by atoms with Gasteiger partial charge in [-0.25, -0.2) is 0 Å². The minimum absolute atomic E-state index is 0.568. The Morgan fingerprint density at radius 3 is 2.26 bits per heavy atom. The van der Waals surface area contributed by atoms with Crippen molar-refractivity contribution in [2.75, 3.05) is 6.54 Å². The highest BCUT2D eigenvalue weighted by Gasteiger charge is 2.12. The Hall–Kier alpha value is -2.57. The lowest BCUT2D eigenvalue weighted by Gasteiger charge is -2.25. The number of nitrogens with one attached hydrogen (secondary N) is 1. The average Bonchev–Trinajstić information content (AvgIpc) is 2.67. The van der Waals surface area contributed by atoms with E-state index in [0.717, 1.165) is 38.0 Å². The van der Waals surface area contributed by atoms with E-state index in [2.05, 4.69) is 74.0 Å². The van der Waals surface area contributed by atoms with Gasteiger partial charge in [0.2, 0.25) is 0 Å². The summed E-state index contributed by atoms with van der Waals surface area (Å²) in [6.07, 6.45) is 4.14. The molecule has 0 aromatic heterocycles. The molecule has 0 amide bonds. The summed E-state index contributed by atoms with van der Waals surface area (Å²) in [5.74, 6) is 0. The summed E-state index contributed by atoms with van der Waals surface area (Å²) in [5.41, 5.74) is 7.80. The van der Waals surface area contributed by atoms with Gasteiger partial charge < -0.3 is 5.32 Å². The molecular weight excluding hydrogens is 330 g/mol. The first-order valence-electron chi connectivity index (χ1n) is 9.73. The molecule has 3 heteroatoms. The van der Waals surface area contributed by atoms with Crippen molar-refractivity contribution in [3.05, 3.63) is 82.4 Å². The van der Waals surface area contributed by atoms with Gasteiger partial charge in [-0.05, 0) is 47.6 Å². The average molecular weight is 362 g/mol. The van der Waals surface area contributed by atoms with Crippen LogP contribution in [-0.2, 0) is 32.5 Å². The monoisotopic (exact) mass is 361 g/mol. The number of nitrogens with zero attached hydrogens (tertiary/aromatic N) is 2. The van der Waals surface area contributed by atoms with Crippen LogP contribution in [0, 0.1) is 11.5 Å². The first-order valence-corrected chi connectivity index (χ1v) is 9.73. The molecule has 0 bridgehead atoms. The molecule has 0 atom stereocenters. The minimum Gasteiger partial charge on any atom is -0.319 e. The molecule has 0 spiro atoms. The Morgan fingerprint density at radius 2 is 1.67 bits per heavy atom. The first kappa shape index (κ1) is 20.7. The fourth-order valence-electron chi connectivity index (χ4n) is 3.43. The second-order valence-corrected chi connectivity index (χ2v) is 7.15. The molecule has 3 nitrogen and oxygen atoms in total. The van der Waals surface area contributed by atoms with Gasteiger partial charge in [-0.15, -0.1) is 0 Å². The molecule has 0 aliphatic heterocycles. The van der Waals surface area contributed by atoms with E-state index < -0.39 is 0 Å². The van der Waals surface area contributed by atoms with Gasteiger partial charge in [0.05, 0.1) is 6.54 Å². The third-order valence-corrected chi connectivity index (χ3v) is 4.82. The van der Waals surface area contributed by atoms with Gasteiger partial charge in [-0.2, -0.15) is 5.26 Å². The predicted molar refractivity (Wildman–Crippen MR) is 113 cm³/mol. The summed E-state index contributed by atoms with van der Waals surface area (Å²) in [5, 5.41) is 11.6. The maximum absolute atomic E-state index is 8.83. The van der Waals surface area contributed by atoms with E-state index >= 15 is 0 Å². The van der Waals surface area contributed by atoms with Crippen LogP contribution in [0.25, 0.3) is 0 Å². The SMILES string of the molecule is C=C(C)CN(Cc1ccc(CC)cc1CC)Cc1ccccc1CNC#N. The van der Waals surface area contributed by atoms with Gasteiger partial charge >= 0.3 is 0 Å². The predicted octanol–water partition coefficient (Wildman–Crippen LogP) is 4.96. The van der Waals surface area contributed by atoms with Crippen LogP contribution in [0.4, 0.5) is 0 Å². The standard InChI is InChI=1S/C24H31N3/c1-5-20-11-12-24(21(6-2)13-20)17-27(15-19(3)4)16-23-10-8-7-9-22(23)14-26-18-25/h7-13,26H,3,5-6,14-17H2,1-2,4H3. The van der Waals surface area contributed by atoms with E-state index in [1.54, 1.807) is 0 Å². The molecule has 1 N–H and O–H groups in total. The van der Waals surface area contributed by atoms with E-state index in [9.17, 15) is 0 Å². The van der Waals surface area contributed by atoms with E-state index in [4.69, 9.17) is 5.26 Å². The van der Waals surface area contributed by atoms with Gasteiger partial charge in [0.1, 0.15) is 0 Å². The van der Waals surface area contributed by atoms with Crippen LogP contribution < -0.4 is 5.32 Å². The second kappa shape index (κ2) is 10.5. The molecule has 0 heterocycles. The normalized spacial score (nSPS) is 10.6. The molecule has 0 saturated carbocycles. The third kappa shape index (κ3) is 6.27. The maximum Gasteiger partial charge on any atom is 0.176 e. The summed E-state index contributed by atoms with van der Waals surface area (Å²) in [7, 11) is 0. The number of aryl methyl sites for hydroxylation is 2. The van der Waals surface area contributed by atoms with Crippen LogP contribution >= 0.6 is 0 Å². The molecule has 0 saturated heterocycles. The Morgan fingerprint density at radius 1 is 1.00 bits per heavy atom. The van der Waals surface area contributed by atoms with Gasteiger partial charge in [-0.1, -0.05) is 68.5 Å². The summed E-state index contributed by atoms with van der Waals surface area (Å²) in [6.45, 7) is 13.8. The smallest absolute Gasteiger partial charge is 0.176 e. The van der Waals surface area contributed by atoms with Crippen LogP contribution in [-0.4, -0.2) is 11.4 Å². The highest BCUT2D eigenvalue weighted by Crippen LogP contribution is 2.19. The van der Waals surface area contributed by atoms with Gasteiger partial charge in [0.25, 0.3) is 0 Å². The first-order chi connectivity index (χ1) is 13.1. The Balaban J connectivity index is 2.24. The van der Waals surface area contributed by atoms with Crippen molar-refractivity contribution in [1.29, 1.82) is 5.26 Å². The molecule has 0 unspecified atom stereocenters. The van der Waals surface area contributed by atoms with E-state index in [0.29, 0.717) is 6.54 Å². The minimum atomic E-state index is 0.568. The number of rotatable bonds is 10. The molecule has 142 valence electrons. The quantitative estimate of drug-likeness (QED) is 0.369. The molecular formula is C24H31N3. The van der Waals surface area contributed by atoms with E-state index in [1.165, 1.54) is 27.8 Å². The lowest BCUT2D eigenvalue weighted by molar-refractivity contribution is 0.278. The third-order valence-electron chi connectivity index (χ3n) is 4.82. The number of benzene rings is 2. The van der Waals surface area contributed by atoms with Gasteiger partial charge in [0.15, 0.2) is 6.19 Å². The van der Waals surface area contributed by atoms with Crippen molar-refractivity contribution in [1.82, 2.24) is 10.2 Å².